The largest absolute Gasteiger partial charge is 0.480 e. The van der Waals surface area contributed by atoms with Crippen LogP contribution in [0, 0.1) is 6.92 Å². The summed E-state index contributed by atoms with van der Waals surface area (Å²) in [5.74, 6) is -7.28. The molecule has 1 aromatic carbocycles. The standard InChI is InChI=1S/C32H48N8O12/c1-22-2-4-23(5-3-22)12-24-17-39(20-27(43)35-15-31(49)50)9-8-37(18-25(41)33-13-29(45)46)6-7-38(19-26(42)34-14-30(47)48)10-11-40(24)21-28(44)36-16-32(51)52/h2-5,24H,6-21H2,1H3,(H,33,41)(H,34,42)(H,35,43)(H,36,44)(H,45,46)(H,47,48)(H,49,50)(H,51,52). The lowest BCUT2D eigenvalue weighted by Gasteiger charge is -2.38. The summed E-state index contributed by atoms with van der Waals surface area (Å²) in [5.41, 5.74) is 1.89. The van der Waals surface area contributed by atoms with E-state index in [4.69, 9.17) is 20.4 Å². The number of carbonyl (C=O) groups excluding carboxylic acids is 4. The first kappa shape index (κ1) is 43.0. The van der Waals surface area contributed by atoms with E-state index < -0.39 is 79.7 Å². The van der Waals surface area contributed by atoms with Crippen molar-refractivity contribution in [2.45, 2.75) is 19.4 Å². The molecule has 1 aliphatic rings. The predicted octanol–water partition coefficient (Wildman–Crippen LogP) is -4.07. The lowest BCUT2D eigenvalue weighted by molar-refractivity contribution is -0.138. The lowest BCUT2D eigenvalue weighted by Crippen LogP contribution is -2.55. The van der Waals surface area contributed by atoms with Crippen LogP contribution in [0.2, 0.25) is 0 Å². The van der Waals surface area contributed by atoms with E-state index in [9.17, 15) is 38.4 Å². The van der Waals surface area contributed by atoms with Crippen LogP contribution in [0.15, 0.2) is 24.3 Å². The van der Waals surface area contributed by atoms with Gasteiger partial charge in [-0.05, 0) is 18.9 Å². The zero-order chi connectivity index (χ0) is 38.6. The third-order valence-corrected chi connectivity index (χ3v) is 7.94. The zero-order valence-corrected chi connectivity index (χ0v) is 29.0. The molecule has 288 valence electrons. The Bertz CT molecular complexity index is 1410. The molecule has 1 aromatic rings. The van der Waals surface area contributed by atoms with Gasteiger partial charge in [0.2, 0.25) is 23.6 Å². The summed E-state index contributed by atoms with van der Waals surface area (Å²) in [6.07, 6.45) is 0.361. The topological polar surface area (TPSA) is 279 Å². The Morgan fingerprint density at radius 3 is 1.29 bits per heavy atom. The SMILES string of the molecule is Cc1ccc(CC2CN(CC(=O)NCC(=O)O)CCN(CC(=O)NCC(=O)O)CCN(CC(=O)NCC(=O)O)CCN2CC(=O)NCC(=O)O)cc1. The fourth-order valence-corrected chi connectivity index (χ4v) is 5.32. The second-order valence-corrected chi connectivity index (χ2v) is 12.3. The van der Waals surface area contributed by atoms with E-state index >= 15 is 0 Å². The highest BCUT2D eigenvalue weighted by Gasteiger charge is 2.28. The third kappa shape index (κ3) is 18.7. The second-order valence-electron chi connectivity index (χ2n) is 12.3. The number of hydrogen-bond acceptors (Lipinski definition) is 12. The molecule has 0 radical (unpaired) electrons. The highest BCUT2D eigenvalue weighted by molar-refractivity contribution is 5.84. The summed E-state index contributed by atoms with van der Waals surface area (Å²) in [6.45, 7) is -0.315. The number of aryl methyl sites for hydroxylation is 1. The third-order valence-electron chi connectivity index (χ3n) is 7.94. The number of carboxylic acid groups (broad SMARTS) is 4. The average molecular weight is 737 g/mol. The maximum absolute atomic E-state index is 13.0. The molecule has 1 fully saturated rings. The number of nitrogens with one attached hydrogen (secondary N) is 4. The van der Waals surface area contributed by atoms with Crippen LogP contribution in [0.5, 0.6) is 0 Å². The Morgan fingerprint density at radius 2 is 0.885 bits per heavy atom. The van der Waals surface area contributed by atoms with E-state index in [1.165, 1.54) is 0 Å². The molecule has 20 heteroatoms. The number of aliphatic carboxylic acids is 4. The minimum Gasteiger partial charge on any atom is -0.480 e. The first-order valence-corrected chi connectivity index (χ1v) is 16.5. The Hall–Kier alpha value is -5.18. The normalized spacial score (nSPS) is 16.8. The van der Waals surface area contributed by atoms with Crippen molar-refractivity contribution >= 4 is 47.5 Å². The van der Waals surface area contributed by atoms with Crippen LogP contribution < -0.4 is 21.3 Å². The number of carbonyl (C=O) groups is 8. The summed E-state index contributed by atoms with van der Waals surface area (Å²) >= 11 is 0. The van der Waals surface area contributed by atoms with Crippen LogP contribution in [-0.2, 0) is 44.8 Å². The van der Waals surface area contributed by atoms with E-state index in [0.717, 1.165) is 11.1 Å². The highest BCUT2D eigenvalue weighted by Crippen LogP contribution is 2.14. The maximum Gasteiger partial charge on any atom is 0.322 e. The van der Waals surface area contributed by atoms with Gasteiger partial charge >= 0.3 is 23.9 Å². The van der Waals surface area contributed by atoms with Gasteiger partial charge in [0, 0.05) is 51.9 Å². The molecule has 1 saturated heterocycles. The van der Waals surface area contributed by atoms with Gasteiger partial charge < -0.3 is 41.7 Å². The molecule has 4 amide bonds. The molecule has 1 aliphatic heterocycles. The molecular formula is C32H48N8O12. The molecule has 2 rings (SSSR count). The molecule has 20 nitrogen and oxygen atoms in total. The van der Waals surface area contributed by atoms with E-state index in [1.54, 1.807) is 19.6 Å². The molecule has 0 saturated carbocycles. The van der Waals surface area contributed by atoms with Crippen molar-refractivity contribution in [3.63, 3.8) is 0 Å². The molecule has 0 bridgehead atoms. The molecule has 52 heavy (non-hydrogen) atoms. The van der Waals surface area contributed by atoms with Gasteiger partial charge in [0.1, 0.15) is 26.2 Å². The van der Waals surface area contributed by atoms with Crippen molar-refractivity contribution in [3.8, 4) is 0 Å². The van der Waals surface area contributed by atoms with Gasteiger partial charge in [-0.2, -0.15) is 0 Å². The number of nitrogens with zero attached hydrogens (tertiary/aromatic N) is 4. The van der Waals surface area contributed by atoms with Crippen LogP contribution >= 0.6 is 0 Å². The summed E-state index contributed by atoms with van der Waals surface area (Å²) in [6, 6.07) is 7.15. The van der Waals surface area contributed by atoms with Gasteiger partial charge in [-0.3, -0.25) is 58.0 Å². The Morgan fingerprint density at radius 1 is 0.538 bits per heavy atom. The van der Waals surface area contributed by atoms with Gasteiger partial charge in [-0.15, -0.1) is 0 Å². The van der Waals surface area contributed by atoms with Gasteiger partial charge in [0.05, 0.1) is 26.2 Å². The lowest BCUT2D eigenvalue weighted by atomic mass is 10.0. The van der Waals surface area contributed by atoms with Gasteiger partial charge in [0.15, 0.2) is 0 Å². The molecular weight excluding hydrogens is 688 g/mol. The van der Waals surface area contributed by atoms with Crippen molar-refractivity contribution in [2.75, 3.05) is 98.2 Å². The molecule has 1 atom stereocenters. The van der Waals surface area contributed by atoms with Crippen LogP contribution in [0.4, 0.5) is 0 Å². The predicted molar refractivity (Wildman–Crippen MR) is 182 cm³/mol. The number of hydrogen-bond donors (Lipinski definition) is 8. The summed E-state index contributed by atoms with van der Waals surface area (Å²) in [4.78, 5) is 103. The Labute approximate surface area is 300 Å². The molecule has 0 spiro atoms. The fourth-order valence-electron chi connectivity index (χ4n) is 5.32. The minimum atomic E-state index is -1.24. The molecule has 8 N–H and O–H groups in total. The van der Waals surface area contributed by atoms with Crippen LogP contribution in [0.1, 0.15) is 11.1 Å². The molecule has 1 heterocycles. The van der Waals surface area contributed by atoms with Crippen LogP contribution in [0.25, 0.3) is 0 Å². The Kier molecular flexibility index (Phi) is 18.7. The van der Waals surface area contributed by atoms with E-state index in [-0.39, 0.29) is 72.0 Å². The van der Waals surface area contributed by atoms with Gasteiger partial charge in [0.25, 0.3) is 0 Å². The monoisotopic (exact) mass is 736 g/mol. The van der Waals surface area contributed by atoms with E-state index in [1.807, 2.05) is 31.2 Å². The molecule has 0 aliphatic carbocycles. The average Bonchev–Trinajstić information content (AvgIpc) is 3.07. The van der Waals surface area contributed by atoms with Crippen molar-refractivity contribution in [1.29, 1.82) is 0 Å². The van der Waals surface area contributed by atoms with Crippen LogP contribution in [-0.4, -0.2) is 192 Å². The summed E-state index contributed by atoms with van der Waals surface area (Å²) < 4.78 is 0. The smallest absolute Gasteiger partial charge is 0.322 e. The fraction of sp³-hybridized carbons (Fsp3) is 0.562. The van der Waals surface area contributed by atoms with Crippen LogP contribution in [0.3, 0.4) is 0 Å². The number of amides is 4. The number of carboxylic acids is 4. The van der Waals surface area contributed by atoms with Gasteiger partial charge in [-0.1, -0.05) is 29.8 Å². The zero-order valence-electron chi connectivity index (χ0n) is 29.0. The van der Waals surface area contributed by atoms with Crippen molar-refractivity contribution in [3.05, 3.63) is 35.4 Å². The Balaban J connectivity index is 2.52. The van der Waals surface area contributed by atoms with Crippen molar-refractivity contribution in [1.82, 2.24) is 40.9 Å². The molecule has 0 aromatic heterocycles. The van der Waals surface area contributed by atoms with E-state index in [0.29, 0.717) is 6.42 Å². The summed E-state index contributed by atoms with van der Waals surface area (Å²) in [5, 5.41) is 45.6. The van der Waals surface area contributed by atoms with Gasteiger partial charge in [-0.25, -0.2) is 0 Å². The van der Waals surface area contributed by atoms with Crippen molar-refractivity contribution in [2.24, 2.45) is 0 Å². The highest BCUT2D eigenvalue weighted by atomic mass is 16.4. The van der Waals surface area contributed by atoms with E-state index in [2.05, 4.69) is 21.3 Å². The number of rotatable bonds is 18. The summed E-state index contributed by atoms with van der Waals surface area (Å²) in [7, 11) is 0. The number of benzene rings is 1. The first-order chi connectivity index (χ1) is 24.6. The minimum absolute atomic E-state index is 0.152. The second kappa shape index (κ2) is 22.6. The maximum atomic E-state index is 13.0. The molecule has 1 unspecified atom stereocenters. The first-order valence-electron chi connectivity index (χ1n) is 16.5. The van der Waals surface area contributed by atoms with Crippen molar-refractivity contribution < 1.29 is 58.8 Å². The quantitative estimate of drug-likeness (QED) is 0.0712.